The number of para-hydroxylation sites is 1. The molecular formula is C13H18ClF3N2O2. The molecule has 1 atom stereocenters. The van der Waals surface area contributed by atoms with Gasteiger partial charge in [0.1, 0.15) is 5.75 Å². The number of nitrogens with one attached hydrogen (secondary N) is 1. The number of halogens is 4. The van der Waals surface area contributed by atoms with Crippen LogP contribution in [0.15, 0.2) is 24.3 Å². The van der Waals surface area contributed by atoms with Gasteiger partial charge in [0.05, 0.1) is 0 Å². The average Bonchev–Trinajstić information content (AvgIpc) is 2.35. The molecule has 0 aliphatic heterocycles. The van der Waals surface area contributed by atoms with Gasteiger partial charge in [-0.1, -0.05) is 18.2 Å². The van der Waals surface area contributed by atoms with Gasteiger partial charge in [-0.05, 0) is 25.0 Å². The summed E-state index contributed by atoms with van der Waals surface area (Å²) in [7, 11) is 0. The second kappa shape index (κ2) is 8.74. The van der Waals surface area contributed by atoms with Gasteiger partial charge in [-0.2, -0.15) is 0 Å². The van der Waals surface area contributed by atoms with Crippen molar-refractivity contribution in [3.8, 4) is 5.75 Å². The number of rotatable bonds is 6. The van der Waals surface area contributed by atoms with E-state index in [0.717, 1.165) is 0 Å². The van der Waals surface area contributed by atoms with E-state index in [2.05, 4.69) is 10.1 Å². The first-order valence-corrected chi connectivity index (χ1v) is 6.15. The molecule has 1 aromatic carbocycles. The predicted molar refractivity (Wildman–Crippen MR) is 75.4 cm³/mol. The molecule has 0 spiro atoms. The van der Waals surface area contributed by atoms with Crippen molar-refractivity contribution in [2.24, 2.45) is 5.73 Å². The van der Waals surface area contributed by atoms with Crippen LogP contribution in [0.1, 0.15) is 18.9 Å². The van der Waals surface area contributed by atoms with Crippen LogP contribution in [0.4, 0.5) is 13.2 Å². The number of hydrogen-bond acceptors (Lipinski definition) is 3. The second-order valence-corrected chi connectivity index (χ2v) is 4.36. The Morgan fingerprint density at radius 2 is 2.00 bits per heavy atom. The molecule has 0 aromatic heterocycles. The molecule has 0 fully saturated rings. The smallest absolute Gasteiger partial charge is 0.406 e. The van der Waals surface area contributed by atoms with Crippen LogP contribution in [-0.4, -0.2) is 24.9 Å². The summed E-state index contributed by atoms with van der Waals surface area (Å²) in [6.07, 6.45) is -4.51. The number of ether oxygens (including phenoxy) is 1. The SMILES string of the molecule is C[C@@H](CN)NC(=O)CCc1ccccc1OC(F)(F)F.Cl. The second-order valence-electron chi connectivity index (χ2n) is 4.36. The van der Waals surface area contributed by atoms with E-state index in [1.807, 2.05) is 0 Å². The number of hydrogen-bond donors (Lipinski definition) is 2. The van der Waals surface area contributed by atoms with Crippen LogP contribution in [0, 0.1) is 0 Å². The lowest BCUT2D eigenvalue weighted by atomic mass is 10.1. The average molecular weight is 327 g/mol. The van der Waals surface area contributed by atoms with Gasteiger partial charge in [-0.25, -0.2) is 0 Å². The topological polar surface area (TPSA) is 64.3 Å². The number of aryl methyl sites for hydroxylation is 1. The summed E-state index contributed by atoms with van der Waals surface area (Å²) in [6.45, 7) is 2.05. The minimum Gasteiger partial charge on any atom is -0.406 e. The lowest BCUT2D eigenvalue weighted by Crippen LogP contribution is -2.37. The molecule has 0 bridgehead atoms. The van der Waals surface area contributed by atoms with E-state index in [4.69, 9.17) is 5.73 Å². The van der Waals surface area contributed by atoms with Crippen molar-refractivity contribution in [2.75, 3.05) is 6.54 Å². The molecule has 0 aliphatic rings. The molecule has 120 valence electrons. The highest BCUT2D eigenvalue weighted by atomic mass is 35.5. The first-order chi connectivity index (χ1) is 9.31. The Hall–Kier alpha value is -1.47. The van der Waals surface area contributed by atoms with Gasteiger partial charge in [0.2, 0.25) is 5.91 Å². The fraction of sp³-hybridized carbons (Fsp3) is 0.462. The molecule has 0 unspecified atom stereocenters. The summed E-state index contributed by atoms with van der Waals surface area (Å²) in [5.41, 5.74) is 5.70. The molecule has 1 amide bonds. The van der Waals surface area contributed by atoms with Crippen molar-refractivity contribution < 1.29 is 22.7 Å². The summed E-state index contributed by atoms with van der Waals surface area (Å²) in [4.78, 5) is 11.6. The summed E-state index contributed by atoms with van der Waals surface area (Å²) >= 11 is 0. The zero-order chi connectivity index (χ0) is 15.2. The van der Waals surface area contributed by atoms with Gasteiger partial charge in [-0.3, -0.25) is 4.79 Å². The van der Waals surface area contributed by atoms with E-state index in [1.54, 1.807) is 13.0 Å². The van der Waals surface area contributed by atoms with Gasteiger partial charge < -0.3 is 15.8 Å². The van der Waals surface area contributed by atoms with Gasteiger partial charge in [-0.15, -0.1) is 25.6 Å². The van der Waals surface area contributed by atoms with Gasteiger partial charge in [0, 0.05) is 19.0 Å². The van der Waals surface area contributed by atoms with E-state index < -0.39 is 6.36 Å². The van der Waals surface area contributed by atoms with Crippen molar-refractivity contribution in [1.29, 1.82) is 0 Å². The maximum Gasteiger partial charge on any atom is 0.573 e. The maximum atomic E-state index is 12.2. The quantitative estimate of drug-likeness (QED) is 0.843. The minimum absolute atomic E-state index is 0. The Kier molecular flexibility index (Phi) is 8.12. The zero-order valence-corrected chi connectivity index (χ0v) is 12.3. The lowest BCUT2D eigenvalue weighted by molar-refractivity contribution is -0.274. The number of nitrogens with two attached hydrogens (primary N) is 1. The number of amides is 1. The summed E-state index contributed by atoms with van der Waals surface area (Å²) < 4.78 is 40.6. The Bertz CT molecular complexity index is 455. The molecule has 0 heterocycles. The predicted octanol–water partition coefficient (Wildman–Crippen LogP) is 2.40. The standard InChI is InChI=1S/C13H17F3N2O2.ClH/c1-9(8-17)18-12(19)7-6-10-4-2-3-5-11(10)20-13(14,15)16;/h2-5,9H,6-8,17H2,1H3,(H,18,19);1H/t9-;/m0./s1. The normalized spacial score (nSPS) is 12.2. The van der Waals surface area contributed by atoms with Crippen molar-refractivity contribution in [3.63, 3.8) is 0 Å². The van der Waals surface area contributed by atoms with E-state index in [1.165, 1.54) is 18.2 Å². The molecule has 3 N–H and O–H groups in total. The van der Waals surface area contributed by atoms with Crippen molar-refractivity contribution in [2.45, 2.75) is 32.2 Å². The fourth-order valence-electron chi connectivity index (χ4n) is 1.59. The van der Waals surface area contributed by atoms with Crippen LogP contribution in [0.2, 0.25) is 0 Å². The van der Waals surface area contributed by atoms with Crippen LogP contribution in [0.5, 0.6) is 5.75 Å². The van der Waals surface area contributed by atoms with Crippen molar-refractivity contribution in [3.05, 3.63) is 29.8 Å². The Morgan fingerprint density at radius 1 is 1.38 bits per heavy atom. The van der Waals surface area contributed by atoms with Gasteiger partial charge in [0.15, 0.2) is 0 Å². The number of carbonyl (C=O) groups excluding carboxylic acids is 1. The van der Waals surface area contributed by atoms with Crippen LogP contribution < -0.4 is 15.8 Å². The van der Waals surface area contributed by atoms with Gasteiger partial charge in [0.25, 0.3) is 0 Å². The summed E-state index contributed by atoms with van der Waals surface area (Å²) in [5, 5.41) is 2.64. The zero-order valence-electron chi connectivity index (χ0n) is 11.4. The van der Waals surface area contributed by atoms with Crippen LogP contribution in [0.25, 0.3) is 0 Å². The van der Waals surface area contributed by atoms with Crippen molar-refractivity contribution >= 4 is 18.3 Å². The highest BCUT2D eigenvalue weighted by Crippen LogP contribution is 2.26. The van der Waals surface area contributed by atoms with Crippen LogP contribution in [-0.2, 0) is 11.2 Å². The third kappa shape index (κ3) is 7.77. The first kappa shape index (κ1) is 19.5. The molecule has 1 rings (SSSR count). The fourth-order valence-corrected chi connectivity index (χ4v) is 1.59. The third-order valence-corrected chi connectivity index (χ3v) is 2.58. The summed E-state index contributed by atoms with van der Waals surface area (Å²) in [5.74, 6) is -0.538. The molecule has 21 heavy (non-hydrogen) atoms. The first-order valence-electron chi connectivity index (χ1n) is 6.15. The molecule has 0 saturated heterocycles. The monoisotopic (exact) mass is 326 g/mol. The number of alkyl halides is 3. The van der Waals surface area contributed by atoms with Crippen LogP contribution >= 0.6 is 12.4 Å². The number of benzene rings is 1. The molecule has 8 heteroatoms. The molecule has 0 aliphatic carbocycles. The summed E-state index contributed by atoms with van der Waals surface area (Å²) in [6, 6.07) is 5.61. The molecule has 0 saturated carbocycles. The van der Waals surface area contributed by atoms with E-state index in [0.29, 0.717) is 12.1 Å². The molecule has 1 aromatic rings. The van der Waals surface area contributed by atoms with Crippen molar-refractivity contribution in [1.82, 2.24) is 5.32 Å². The molecule has 0 radical (unpaired) electrons. The van der Waals surface area contributed by atoms with E-state index in [-0.39, 0.29) is 42.9 Å². The number of carbonyl (C=O) groups is 1. The molecule has 4 nitrogen and oxygen atoms in total. The van der Waals surface area contributed by atoms with Gasteiger partial charge >= 0.3 is 6.36 Å². The lowest BCUT2D eigenvalue weighted by Gasteiger charge is -2.14. The Morgan fingerprint density at radius 3 is 2.57 bits per heavy atom. The maximum absolute atomic E-state index is 12.2. The minimum atomic E-state index is -4.74. The van der Waals surface area contributed by atoms with E-state index >= 15 is 0 Å². The Balaban J connectivity index is 0.00000400. The molecular weight excluding hydrogens is 309 g/mol. The van der Waals surface area contributed by atoms with E-state index in [9.17, 15) is 18.0 Å². The Labute approximate surface area is 127 Å². The van der Waals surface area contributed by atoms with Crippen LogP contribution in [0.3, 0.4) is 0 Å². The highest BCUT2D eigenvalue weighted by molar-refractivity contribution is 5.85. The highest BCUT2D eigenvalue weighted by Gasteiger charge is 2.31. The third-order valence-electron chi connectivity index (χ3n) is 2.58. The largest absolute Gasteiger partial charge is 0.573 e.